The van der Waals surface area contributed by atoms with Gasteiger partial charge in [0.2, 0.25) is 5.91 Å². The molecule has 0 bridgehead atoms. The maximum atomic E-state index is 11.7. The normalized spacial score (nSPS) is 20.7. The standard InChI is InChI=1S/C12H24N2O2/c1-3-11(15)8-13-9(2)12(16)14-10-6-4-5-7-10/h9-11,13,15H,3-8H2,1-2H3,(H,14,16). The molecule has 1 fully saturated rings. The zero-order valence-electron chi connectivity index (χ0n) is 10.3. The number of hydrogen-bond acceptors (Lipinski definition) is 3. The molecule has 1 saturated carbocycles. The number of rotatable bonds is 6. The van der Waals surface area contributed by atoms with Crippen molar-refractivity contribution in [2.75, 3.05) is 6.54 Å². The molecule has 4 nitrogen and oxygen atoms in total. The lowest BCUT2D eigenvalue weighted by molar-refractivity contribution is -0.123. The van der Waals surface area contributed by atoms with Crippen LogP contribution in [0, 0.1) is 0 Å². The van der Waals surface area contributed by atoms with Crippen LogP contribution in [0.3, 0.4) is 0 Å². The summed E-state index contributed by atoms with van der Waals surface area (Å²) >= 11 is 0. The molecule has 0 aromatic heterocycles. The Morgan fingerprint density at radius 1 is 1.44 bits per heavy atom. The highest BCUT2D eigenvalue weighted by Crippen LogP contribution is 2.17. The highest BCUT2D eigenvalue weighted by atomic mass is 16.3. The summed E-state index contributed by atoms with van der Waals surface area (Å²) in [5.41, 5.74) is 0. The number of aliphatic hydroxyl groups excluding tert-OH is 1. The van der Waals surface area contributed by atoms with Crippen LogP contribution in [-0.4, -0.2) is 35.7 Å². The van der Waals surface area contributed by atoms with Crippen LogP contribution < -0.4 is 10.6 Å². The quantitative estimate of drug-likeness (QED) is 0.630. The molecule has 0 aromatic carbocycles. The third kappa shape index (κ3) is 4.49. The molecule has 1 aliphatic carbocycles. The van der Waals surface area contributed by atoms with E-state index in [4.69, 9.17) is 0 Å². The molecule has 1 aliphatic rings. The molecule has 0 spiro atoms. The molecule has 1 rings (SSSR count). The fourth-order valence-corrected chi connectivity index (χ4v) is 1.95. The van der Waals surface area contributed by atoms with Gasteiger partial charge in [0.05, 0.1) is 12.1 Å². The Labute approximate surface area is 97.8 Å². The van der Waals surface area contributed by atoms with E-state index >= 15 is 0 Å². The van der Waals surface area contributed by atoms with Gasteiger partial charge < -0.3 is 15.7 Å². The zero-order valence-corrected chi connectivity index (χ0v) is 10.3. The number of carbonyl (C=O) groups excluding carboxylic acids is 1. The van der Waals surface area contributed by atoms with Gasteiger partial charge in [-0.3, -0.25) is 4.79 Å². The molecule has 0 saturated heterocycles. The van der Waals surface area contributed by atoms with Crippen LogP contribution in [0.4, 0.5) is 0 Å². The van der Waals surface area contributed by atoms with Crippen LogP contribution in [-0.2, 0) is 4.79 Å². The molecule has 0 heterocycles. The molecule has 0 aromatic rings. The average Bonchev–Trinajstić information content (AvgIpc) is 2.77. The number of aliphatic hydroxyl groups is 1. The Morgan fingerprint density at radius 3 is 2.62 bits per heavy atom. The van der Waals surface area contributed by atoms with Gasteiger partial charge >= 0.3 is 0 Å². The van der Waals surface area contributed by atoms with E-state index in [9.17, 15) is 9.90 Å². The molecular weight excluding hydrogens is 204 g/mol. The van der Waals surface area contributed by atoms with Crippen molar-refractivity contribution in [3.05, 3.63) is 0 Å². The van der Waals surface area contributed by atoms with Crippen LogP contribution in [0.25, 0.3) is 0 Å². The van der Waals surface area contributed by atoms with Gasteiger partial charge in [-0.25, -0.2) is 0 Å². The van der Waals surface area contributed by atoms with E-state index in [1.165, 1.54) is 12.8 Å². The van der Waals surface area contributed by atoms with Crippen molar-refractivity contribution in [3.63, 3.8) is 0 Å². The Balaban J connectivity index is 2.19. The van der Waals surface area contributed by atoms with Crippen molar-refractivity contribution < 1.29 is 9.90 Å². The minimum Gasteiger partial charge on any atom is -0.392 e. The van der Waals surface area contributed by atoms with E-state index in [1.807, 2.05) is 13.8 Å². The number of amides is 1. The summed E-state index contributed by atoms with van der Waals surface area (Å²) < 4.78 is 0. The molecule has 2 atom stereocenters. The van der Waals surface area contributed by atoms with Gasteiger partial charge in [0.15, 0.2) is 0 Å². The van der Waals surface area contributed by atoms with Gasteiger partial charge in [0.1, 0.15) is 0 Å². The van der Waals surface area contributed by atoms with Crippen LogP contribution in [0.15, 0.2) is 0 Å². The highest BCUT2D eigenvalue weighted by Gasteiger charge is 2.20. The second kappa shape index (κ2) is 6.86. The van der Waals surface area contributed by atoms with Gasteiger partial charge in [-0.15, -0.1) is 0 Å². The monoisotopic (exact) mass is 228 g/mol. The van der Waals surface area contributed by atoms with Gasteiger partial charge in [-0.2, -0.15) is 0 Å². The molecule has 0 radical (unpaired) electrons. The van der Waals surface area contributed by atoms with E-state index in [2.05, 4.69) is 10.6 Å². The SMILES string of the molecule is CCC(O)CNC(C)C(=O)NC1CCCC1. The van der Waals surface area contributed by atoms with Crippen LogP contribution in [0.5, 0.6) is 0 Å². The van der Waals surface area contributed by atoms with Crippen molar-refractivity contribution in [2.45, 2.75) is 64.1 Å². The van der Waals surface area contributed by atoms with Crippen molar-refractivity contribution >= 4 is 5.91 Å². The fourth-order valence-electron chi connectivity index (χ4n) is 1.95. The first-order chi connectivity index (χ1) is 7.63. The third-order valence-corrected chi connectivity index (χ3v) is 3.23. The molecule has 16 heavy (non-hydrogen) atoms. The van der Waals surface area contributed by atoms with Crippen LogP contribution in [0.1, 0.15) is 46.0 Å². The predicted octanol–water partition coefficient (Wildman–Crippen LogP) is 0.794. The summed E-state index contributed by atoms with van der Waals surface area (Å²) in [5, 5.41) is 15.5. The summed E-state index contributed by atoms with van der Waals surface area (Å²) in [6, 6.07) is 0.148. The van der Waals surface area contributed by atoms with E-state index in [0.717, 1.165) is 12.8 Å². The van der Waals surface area contributed by atoms with Crippen LogP contribution in [0.2, 0.25) is 0 Å². The Morgan fingerprint density at radius 2 is 2.06 bits per heavy atom. The second-order valence-electron chi connectivity index (χ2n) is 4.68. The van der Waals surface area contributed by atoms with E-state index in [1.54, 1.807) is 0 Å². The van der Waals surface area contributed by atoms with E-state index in [-0.39, 0.29) is 18.1 Å². The van der Waals surface area contributed by atoms with Crippen LogP contribution >= 0.6 is 0 Å². The largest absolute Gasteiger partial charge is 0.392 e. The first kappa shape index (κ1) is 13.5. The maximum Gasteiger partial charge on any atom is 0.237 e. The van der Waals surface area contributed by atoms with Gasteiger partial charge in [0.25, 0.3) is 0 Å². The van der Waals surface area contributed by atoms with Crippen molar-refractivity contribution in [3.8, 4) is 0 Å². The first-order valence-electron chi connectivity index (χ1n) is 6.35. The number of carbonyl (C=O) groups is 1. The Kier molecular flexibility index (Phi) is 5.77. The third-order valence-electron chi connectivity index (χ3n) is 3.23. The lowest BCUT2D eigenvalue weighted by atomic mass is 10.2. The summed E-state index contributed by atoms with van der Waals surface area (Å²) in [6.07, 6.45) is 5.01. The molecule has 1 amide bonds. The molecule has 3 N–H and O–H groups in total. The Hall–Kier alpha value is -0.610. The fraction of sp³-hybridized carbons (Fsp3) is 0.917. The lowest BCUT2D eigenvalue weighted by Gasteiger charge is -2.19. The van der Waals surface area contributed by atoms with Gasteiger partial charge in [-0.1, -0.05) is 19.8 Å². The Bertz CT molecular complexity index is 215. The molecule has 0 aliphatic heterocycles. The summed E-state index contributed by atoms with van der Waals surface area (Å²) in [6.45, 7) is 4.25. The van der Waals surface area contributed by atoms with Crippen molar-refractivity contribution in [2.24, 2.45) is 0 Å². The van der Waals surface area contributed by atoms with Gasteiger partial charge in [0, 0.05) is 12.6 Å². The molecule has 2 unspecified atom stereocenters. The minimum atomic E-state index is -0.360. The summed E-state index contributed by atoms with van der Waals surface area (Å²) in [4.78, 5) is 11.7. The maximum absolute atomic E-state index is 11.7. The second-order valence-corrected chi connectivity index (χ2v) is 4.68. The highest BCUT2D eigenvalue weighted by molar-refractivity contribution is 5.81. The smallest absolute Gasteiger partial charge is 0.237 e. The topological polar surface area (TPSA) is 61.4 Å². The van der Waals surface area contributed by atoms with Crippen molar-refractivity contribution in [1.82, 2.24) is 10.6 Å². The summed E-state index contributed by atoms with van der Waals surface area (Å²) in [7, 11) is 0. The predicted molar refractivity (Wildman–Crippen MR) is 64.2 cm³/mol. The minimum absolute atomic E-state index is 0.0511. The molecule has 4 heteroatoms. The zero-order chi connectivity index (χ0) is 12.0. The summed E-state index contributed by atoms with van der Waals surface area (Å²) in [5.74, 6) is 0.0511. The average molecular weight is 228 g/mol. The van der Waals surface area contributed by atoms with E-state index in [0.29, 0.717) is 19.0 Å². The molecular formula is C12H24N2O2. The number of nitrogens with one attached hydrogen (secondary N) is 2. The van der Waals surface area contributed by atoms with E-state index < -0.39 is 0 Å². The number of hydrogen-bond donors (Lipinski definition) is 3. The molecule has 94 valence electrons. The first-order valence-corrected chi connectivity index (χ1v) is 6.35. The van der Waals surface area contributed by atoms with Gasteiger partial charge in [-0.05, 0) is 26.2 Å². The lowest BCUT2D eigenvalue weighted by Crippen LogP contribution is -2.47. The van der Waals surface area contributed by atoms with Crippen molar-refractivity contribution in [1.29, 1.82) is 0 Å².